The monoisotopic (exact) mass is 477 g/mol. The number of ether oxygens (including phenoxy) is 1. The van der Waals surface area contributed by atoms with Crippen LogP contribution in [0.15, 0.2) is 41.9 Å². The van der Waals surface area contributed by atoms with Crippen LogP contribution in [0, 0.1) is 17.3 Å². The van der Waals surface area contributed by atoms with E-state index in [2.05, 4.69) is 58.2 Å². The SMILES string of the molecule is COc1ccc2ncc(N(C)C)c(CCCC3(CO)CCN(CC#Cc4cccs4)CC3)c2c1. The summed E-state index contributed by atoms with van der Waals surface area (Å²) in [5.41, 5.74) is 3.47. The van der Waals surface area contributed by atoms with Crippen LogP contribution < -0.4 is 9.64 Å². The second kappa shape index (κ2) is 11.2. The summed E-state index contributed by atoms with van der Waals surface area (Å²) in [5, 5.41) is 13.5. The molecule has 1 fully saturated rings. The number of aromatic nitrogens is 1. The second-order valence-electron chi connectivity index (χ2n) is 9.47. The summed E-state index contributed by atoms with van der Waals surface area (Å²) in [4.78, 5) is 10.3. The molecule has 3 heterocycles. The van der Waals surface area contributed by atoms with E-state index in [0.29, 0.717) is 0 Å². The molecule has 0 radical (unpaired) electrons. The van der Waals surface area contributed by atoms with Gasteiger partial charge in [-0.25, -0.2) is 0 Å². The van der Waals surface area contributed by atoms with Gasteiger partial charge in [-0.05, 0) is 85.8 Å². The average molecular weight is 478 g/mol. The third kappa shape index (κ3) is 5.72. The van der Waals surface area contributed by atoms with Crippen LogP contribution in [0.2, 0.25) is 0 Å². The molecule has 0 unspecified atom stereocenters. The van der Waals surface area contributed by atoms with Gasteiger partial charge in [-0.1, -0.05) is 17.9 Å². The molecule has 0 atom stereocenters. The first-order valence-electron chi connectivity index (χ1n) is 12.0. The standard InChI is InChI=1S/C28H35N3O2S/c1-30(2)27-20-29-26-11-10-22(33-3)19-25(26)24(27)9-4-12-28(21-32)13-16-31(17-14-28)15-5-7-23-8-6-18-34-23/h6,8,10-11,18-20,32H,4,9,12-17,21H2,1-3H3. The zero-order chi connectivity index (χ0) is 24.0. The lowest BCUT2D eigenvalue weighted by Gasteiger charge is -2.40. The molecule has 0 spiro atoms. The Morgan fingerprint density at radius 3 is 2.74 bits per heavy atom. The highest BCUT2D eigenvalue weighted by molar-refractivity contribution is 7.10. The fourth-order valence-corrected chi connectivity index (χ4v) is 5.48. The number of pyridine rings is 1. The summed E-state index contributed by atoms with van der Waals surface area (Å²) >= 11 is 1.69. The summed E-state index contributed by atoms with van der Waals surface area (Å²) < 4.78 is 5.48. The Kier molecular flexibility index (Phi) is 8.10. The molecule has 1 aliphatic rings. The smallest absolute Gasteiger partial charge is 0.119 e. The number of piperidine rings is 1. The van der Waals surface area contributed by atoms with Gasteiger partial charge in [-0.15, -0.1) is 11.3 Å². The van der Waals surface area contributed by atoms with Gasteiger partial charge in [0.2, 0.25) is 0 Å². The molecule has 2 aromatic heterocycles. The van der Waals surface area contributed by atoms with Crippen LogP contribution in [-0.2, 0) is 6.42 Å². The summed E-state index contributed by atoms with van der Waals surface area (Å²) in [7, 11) is 5.84. The number of aryl methyl sites for hydroxylation is 1. The van der Waals surface area contributed by atoms with E-state index in [0.717, 1.165) is 79.0 Å². The molecular weight excluding hydrogens is 442 g/mol. The maximum absolute atomic E-state index is 10.3. The fourth-order valence-electron chi connectivity index (χ4n) is 4.89. The molecule has 1 aliphatic heterocycles. The van der Waals surface area contributed by atoms with E-state index < -0.39 is 0 Å². The zero-order valence-corrected chi connectivity index (χ0v) is 21.3. The highest BCUT2D eigenvalue weighted by atomic mass is 32.1. The van der Waals surface area contributed by atoms with E-state index >= 15 is 0 Å². The number of hydrogen-bond donors (Lipinski definition) is 1. The van der Waals surface area contributed by atoms with Crippen molar-refractivity contribution in [2.24, 2.45) is 5.41 Å². The van der Waals surface area contributed by atoms with E-state index in [1.165, 1.54) is 5.56 Å². The van der Waals surface area contributed by atoms with E-state index in [-0.39, 0.29) is 12.0 Å². The number of fused-ring (bicyclic) bond motifs is 1. The Hall–Kier alpha value is -2.59. The van der Waals surface area contributed by atoms with Crippen molar-refractivity contribution in [3.05, 3.63) is 52.3 Å². The number of likely N-dealkylation sites (tertiary alicyclic amines) is 1. The van der Waals surface area contributed by atoms with Gasteiger partial charge in [-0.3, -0.25) is 9.88 Å². The molecule has 180 valence electrons. The maximum atomic E-state index is 10.3. The number of nitrogens with zero attached hydrogens (tertiary/aromatic N) is 3. The molecule has 1 aromatic carbocycles. The Labute approximate surface area is 207 Å². The number of rotatable bonds is 8. The van der Waals surface area contributed by atoms with Crippen molar-refractivity contribution in [1.29, 1.82) is 0 Å². The van der Waals surface area contributed by atoms with Crippen LogP contribution in [0.3, 0.4) is 0 Å². The number of aliphatic hydroxyl groups is 1. The third-order valence-corrected chi connectivity index (χ3v) is 7.85. The van der Waals surface area contributed by atoms with Gasteiger partial charge in [0.15, 0.2) is 0 Å². The first-order chi connectivity index (χ1) is 16.5. The van der Waals surface area contributed by atoms with Crippen molar-refractivity contribution in [3.8, 4) is 17.6 Å². The molecular formula is C28H35N3O2S. The molecule has 34 heavy (non-hydrogen) atoms. The highest BCUT2D eigenvalue weighted by Crippen LogP contribution is 2.37. The molecule has 0 bridgehead atoms. The largest absolute Gasteiger partial charge is 0.497 e. The molecule has 6 heteroatoms. The van der Waals surface area contributed by atoms with Gasteiger partial charge in [0.05, 0.1) is 35.9 Å². The van der Waals surface area contributed by atoms with E-state index in [1.54, 1.807) is 18.4 Å². The predicted octanol–water partition coefficient (Wildman–Crippen LogP) is 4.82. The number of thiophene rings is 1. The lowest BCUT2D eigenvalue weighted by atomic mass is 9.75. The van der Waals surface area contributed by atoms with Crippen LogP contribution in [-0.4, -0.2) is 62.4 Å². The Morgan fingerprint density at radius 2 is 2.06 bits per heavy atom. The molecule has 1 saturated heterocycles. The molecule has 3 aromatic rings. The van der Waals surface area contributed by atoms with Crippen LogP contribution in [0.25, 0.3) is 10.9 Å². The van der Waals surface area contributed by atoms with Crippen molar-refractivity contribution in [2.45, 2.75) is 32.1 Å². The molecule has 0 aliphatic carbocycles. The van der Waals surface area contributed by atoms with Gasteiger partial charge in [0.25, 0.3) is 0 Å². The topological polar surface area (TPSA) is 48.8 Å². The molecule has 5 nitrogen and oxygen atoms in total. The fraction of sp³-hybridized carbons (Fsp3) is 0.464. The summed E-state index contributed by atoms with van der Waals surface area (Å²) in [6.45, 7) is 3.06. The number of aliphatic hydroxyl groups excluding tert-OH is 1. The van der Waals surface area contributed by atoms with Crippen molar-refractivity contribution in [2.75, 3.05) is 52.3 Å². The highest BCUT2D eigenvalue weighted by Gasteiger charge is 2.33. The molecule has 1 N–H and O–H groups in total. The molecule has 0 saturated carbocycles. The van der Waals surface area contributed by atoms with Crippen LogP contribution >= 0.6 is 11.3 Å². The first kappa shape index (κ1) is 24.5. The van der Waals surface area contributed by atoms with Crippen molar-refractivity contribution >= 4 is 27.9 Å². The van der Waals surface area contributed by atoms with E-state index in [4.69, 9.17) is 4.74 Å². The van der Waals surface area contributed by atoms with Gasteiger partial charge in [-0.2, -0.15) is 0 Å². The minimum Gasteiger partial charge on any atom is -0.497 e. The zero-order valence-electron chi connectivity index (χ0n) is 20.5. The van der Waals surface area contributed by atoms with Gasteiger partial charge < -0.3 is 14.7 Å². The first-order valence-corrected chi connectivity index (χ1v) is 12.9. The lowest BCUT2D eigenvalue weighted by molar-refractivity contribution is 0.0401. The Morgan fingerprint density at radius 1 is 1.24 bits per heavy atom. The van der Waals surface area contributed by atoms with Crippen LogP contribution in [0.5, 0.6) is 5.75 Å². The van der Waals surface area contributed by atoms with E-state index in [9.17, 15) is 5.11 Å². The number of anilines is 1. The summed E-state index contributed by atoms with van der Waals surface area (Å²) in [6, 6.07) is 10.2. The van der Waals surface area contributed by atoms with E-state index in [1.807, 2.05) is 24.4 Å². The minimum absolute atomic E-state index is 0.0104. The summed E-state index contributed by atoms with van der Waals surface area (Å²) in [6.07, 6.45) is 7.04. The quantitative estimate of drug-likeness (QED) is 0.472. The Bertz CT molecular complexity index is 1140. The maximum Gasteiger partial charge on any atom is 0.119 e. The van der Waals surface area contributed by atoms with Gasteiger partial charge in [0.1, 0.15) is 5.75 Å². The number of methoxy groups -OCH3 is 1. The minimum atomic E-state index is 0.0104. The van der Waals surface area contributed by atoms with Crippen molar-refractivity contribution in [3.63, 3.8) is 0 Å². The molecule has 4 rings (SSSR count). The molecule has 0 amide bonds. The van der Waals surface area contributed by atoms with Crippen LogP contribution in [0.4, 0.5) is 5.69 Å². The average Bonchev–Trinajstić information content (AvgIpc) is 3.38. The number of benzene rings is 1. The van der Waals surface area contributed by atoms with Crippen molar-refractivity contribution in [1.82, 2.24) is 9.88 Å². The predicted molar refractivity (Wildman–Crippen MR) is 142 cm³/mol. The van der Waals surface area contributed by atoms with Gasteiger partial charge in [0, 0.05) is 26.1 Å². The van der Waals surface area contributed by atoms with Crippen molar-refractivity contribution < 1.29 is 9.84 Å². The normalized spacial score (nSPS) is 15.6. The third-order valence-electron chi connectivity index (χ3n) is 7.07. The van der Waals surface area contributed by atoms with Gasteiger partial charge >= 0.3 is 0 Å². The van der Waals surface area contributed by atoms with Crippen LogP contribution in [0.1, 0.15) is 36.1 Å². The second-order valence-corrected chi connectivity index (χ2v) is 10.4. The Balaban J connectivity index is 1.39. The summed E-state index contributed by atoms with van der Waals surface area (Å²) in [5.74, 6) is 7.42. The lowest BCUT2D eigenvalue weighted by Crippen LogP contribution is -2.42. The number of hydrogen-bond acceptors (Lipinski definition) is 6.